The Balaban J connectivity index is 2.13. The number of nitrogens with zero attached hydrogens (tertiary/aromatic N) is 1. The van der Waals surface area contributed by atoms with E-state index in [0.29, 0.717) is 0 Å². The van der Waals surface area contributed by atoms with Crippen LogP contribution in [-0.2, 0) is 0 Å². The zero-order valence-corrected chi connectivity index (χ0v) is 12.7. The van der Waals surface area contributed by atoms with Crippen molar-refractivity contribution in [3.05, 3.63) is 48.5 Å². The summed E-state index contributed by atoms with van der Waals surface area (Å²) in [5, 5.41) is 0.976. The van der Waals surface area contributed by atoms with Gasteiger partial charge in [0.1, 0.15) is 16.5 Å². The Bertz CT molecular complexity index is 790. The number of hydrogen-bond donors (Lipinski definition) is 0. The molecule has 3 aromatic rings. The second-order valence-corrected chi connectivity index (χ2v) is 5.55. The van der Waals surface area contributed by atoms with E-state index in [1.54, 1.807) is 25.6 Å². The van der Waals surface area contributed by atoms with Gasteiger partial charge in [0.25, 0.3) is 0 Å². The van der Waals surface area contributed by atoms with Crippen LogP contribution in [0.2, 0.25) is 0 Å². The molecule has 0 radical (unpaired) electrons. The maximum atomic E-state index is 5.32. The van der Waals surface area contributed by atoms with Crippen molar-refractivity contribution >= 4 is 27.6 Å². The van der Waals surface area contributed by atoms with Crippen LogP contribution in [0.3, 0.4) is 0 Å². The Kier molecular flexibility index (Phi) is 3.62. The van der Waals surface area contributed by atoms with Crippen molar-refractivity contribution < 1.29 is 9.47 Å². The van der Waals surface area contributed by atoms with Gasteiger partial charge in [-0.3, -0.25) is 0 Å². The highest BCUT2D eigenvalue weighted by Gasteiger charge is 2.10. The van der Waals surface area contributed by atoms with Crippen molar-refractivity contribution in [2.45, 2.75) is 0 Å². The van der Waals surface area contributed by atoms with E-state index >= 15 is 0 Å². The highest BCUT2D eigenvalue weighted by atomic mass is 32.1. The smallest absolute Gasteiger partial charge is 0.124 e. The van der Waals surface area contributed by atoms with Gasteiger partial charge in [-0.2, -0.15) is 0 Å². The fourth-order valence-corrected chi connectivity index (χ4v) is 3.19. The Morgan fingerprint density at radius 2 is 1.76 bits per heavy atom. The third-order valence-corrected chi connectivity index (χ3v) is 4.34. The molecule has 0 N–H and O–H groups in total. The fourth-order valence-electron chi connectivity index (χ4n) is 2.16. The van der Waals surface area contributed by atoms with E-state index in [1.165, 1.54) is 0 Å². The molecule has 106 valence electrons. The molecule has 1 aromatic heterocycles. The molecule has 2 aromatic carbocycles. The summed E-state index contributed by atoms with van der Waals surface area (Å²) in [6, 6.07) is 11.9. The Morgan fingerprint density at radius 3 is 2.38 bits per heavy atom. The number of aromatic nitrogens is 1. The molecule has 0 aliphatic rings. The fraction of sp³-hybridized carbons (Fsp3) is 0.118. The van der Waals surface area contributed by atoms with E-state index < -0.39 is 0 Å². The van der Waals surface area contributed by atoms with Crippen LogP contribution in [0.25, 0.3) is 26.9 Å². The second kappa shape index (κ2) is 5.58. The number of hydrogen-bond acceptors (Lipinski definition) is 4. The molecular formula is C17H15NO2S. The Morgan fingerprint density at radius 1 is 1.05 bits per heavy atom. The molecule has 3 nitrogen and oxygen atoms in total. The summed E-state index contributed by atoms with van der Waals surface area (Å²) in [5.74, 6) is 1.66. The monoisotopic (exact) mass is 297 g/mol. The van der Waals surface area contributed by atoms with Gasteiger partial charge in [0.05, 0.1) is 24.4 Å². The van der Waals surface area contributed by atoms with E-state index in [-0.39, 0.29) is 0 Å². The summed E-state index contributed by atoms with van der Waals surface area (Å²) in [6.07, 6.45) is 1.81. The summed E-state index contributed by atoms with van der Waals surface area (Å²) in [4.78, 5) is 4.74. The van der Waals surface area contributed by atoms with E-state index in [4.69, 9.17) is 14.5 Å². The average Bonchev–Trinajstić information content (AvgIpc) is 2.97. The molecule has 0 bridgehead atoms. The number of thiazole rings is 1. The van der Waals surface area contributed by atoms with Crippen LogP contribution < -0.4 is 9.47 Å². The van der Waals surface area contributed by atoms with Crippen molar-refractivity contribution in [3.63, 3.8) is 0 Å². The van der Waals surface area contributed by atoms with Crippen LogP contribution in [-0.4, -0.2) is 19.2 Å². The molecule has 0 fully saturated rings. The van der Waals surface area contributed by atoms with Crippen molar-refractivity contribution in [2.75, 3.05) is 14.2 Å². The zero-order valence-electron chi connectivity index (χ0n) is 11.9. The first kappa shape index (κ1) is 13.6. The Labute approximate surface area is 127 Å². The maximum Gasteiger partial charge on any atom is 0.124 e. The lowest BCUT2D eigenvalue weighted by Crippen LogP contribution is -1.84. The molecule has 0 saturated heterocycles. The first-order valence-corrected chi connectivity index (χ1v) is 7.32. The SMILES string of the molecule is C=Cc1cc(OC)cc2sc(-c3ccc(OC)cc3)nc12. The lowest BCUT2D eigenvalue weighted by molar-refractivity contribution is 0.415. The minimum absolute atomic E-state index is 0.822. The summed E-state index contributed by atoms with van der Waals surface area (Å²) < 4.78 is 11.6. The van der Waals surface area contributed by atoms with Gasteiger partial charge in [0.15, 0.2) is 0 Å². The van der Waals surface area contributed by atoms with E-state index in [2.05, 4.69) is 6.58 Å². The van der Waals surface area contributed by atoms with Crippen molar-refractivity contribution in [1.29, 1.82) is 0 Å². The van der Waals surface area contributed by atoms with Crippen molar-refractivity contribution in [3.8, 4) is 22.1 Å². The minimum atomic E-state index is 0.822. The number of fused-ring (bicyclic) bond motifs is 1. The molecule has 0 atom stereocenters. The molecule has 0 amide bonds. The molecule has 0 aliphatic carbocycles. The van der Waals surface area contributed by atoms with E-state index in [0.717, 1.165) is 37.9 Å². The van der Waals surface area contributed by atoms with Gasteiger partial charge in [-0.25, -0.2) is 4.98 Å². The standard InChI is InChI=1S/C17H15NO2S/c1-4-11-9-14(20-3)10-15-16(11)18-17(21-15)12-5-7-13(19-2)8-6-12/h4-10H,1H2,2-3H3. The van der Waals surface area contributed by atoms with E-state index in [9.17, 15) is 0 Å². The van der Waals surface area contributed by atoms with Gasteiger partial charge in [-0.15, -0.1) is 11.3 Å². The quantitative estimate of drug-likeness (QED) is 0.704. The van der Waals surface area contributed by atoms with Crippen LogP contribution in [0.1, 0.15) is 5.56 Å². The van der Waals surface area contributed by atoms with Crippen LogP contribution in [0.5, 0.6) is 11.5 Å². The molecule has 1 heterocycles. The maximum absolute atomic E-state index is 5.32. The van der Waals surface area contributed by atoms with Gasteiger partial charge in [-0.1, -0.05) is 12.7 Å². The van der Waals surface area contributed by atoms with E-state index in [1.807, 2.05) is 42.5 Å². The third-order valence-electron chi connectivity index (χ3n) is 3.29. The van der Waals surface area contributed by atoms with Crippen LogP contribution in [0.15, 0.2) is 43.0 Å². The molecule has 21 heavy (non-hydrogen) atoms. The number of methoxy groups -OCH3 is 2. The predicted octanol–water partition coefficient (Wildman–Crippen LogP) is 4.62. The minimum Gasteiger partial charge on any atom is -0.497 e. The van der Waals surface area contributed by atoms with Gasteiger partial charge in [0, 0.05) is 11.1 Å². The van der Waals surface area contributed by atoms with Gasteiger partial charge in [-0.05, 0) is 36.4 Å². The predicted molar refractivity (Wildman–Crippen MR) is 88.3 cm³/mol. The molecule has 0 spiro atoms. The number of benzene rings is 2. The number of ether oxygens (including phenoxy) is 2. The Hall–Kier alpha value is -2.33. The summed E-state index contributed by atoms with van der Waals surface area (Å²) in [6.45, 7) is 3.85. The molecule has 0 unspecified atom stereocenters. The molecular weight excluding hydrogens is 282 g/mol. The largest absolute Gasteiger partial charge is 0.497 e. The third kappa shape index (κ3) is 2.50. The first-order valence-electron chi connectivity index (χ1n) is 6.50. The van der Waals surface area contributed by atoms with Gasteiger partial charge < -0.3 is 9.47 Å². The number of rotatable bonds is 4. The van der Waals surface area contributed by atoms with Gasteiger partial charge >= 0.3 is 0 Å². The summed E-state index contributed by atoms with van der Waals surface area (Å²) in [7, 11) is 3.33. The molecule has 0 aliphatic heterocycles. The topological polar surface area (TPSA) is 31.4 Å². The highest BCUT2D eigenvalue weighted by Crippen LogP contribution is 2.35. The lowest BCUT2D eigenvalue weighted by atomic mass is 10.2. The van der Waals surface area contributed by atoms with Crippen molar-refractivity contribution in [2.24, 2.45) is 0 Å². The van der Waals surface area contributed by atoms with Crippen LogP contribution in [0, 0.1) is 0 Å². The molecule has 0 saturated carbocycles. The average molecular weight is 297 g/mol. The van der Waals surface area contributed by atoms with Crippen LogP contribution in [0.4, 0.5) is 0 Å². The normalized spacial score (nSPS) is 10.6. The second-order valence-electron chi connectivity index (χ2n) is 4.52. The summed E-state index contributed by atoms with van der Waals surface area (Å²) in [5.41, 5.74) is 3.02. The molecule has 4 heteroatoms. The molecule has 3 rings (SSSR count). The van der Waals surface area contributed by atoms with Crippen molar-refractivity contribution in [1.82, 2.24) is 4.98 Å². The first-order chi connectivity index (χ1) is 10.2. The highest BCUT2D eigenvalue weighted by molar-refractivity contribution is 7.21. The van der Waals surface area contributed by atoms with Gasteiger partial charge in [0.2, 0.25) is 0 Å². The summed E-state index contributed by atoms with van der Waals surface area (Å²) >= 11 is 1.64. The van der Waals surface area contributed by atoms with Crippen LogP contribution >= 0.6 is 11.3 Å². The lowest BCUT2D eigenvalue weighted by Gasteiger charge is -2.01. The zero-order chi connectivity index (χ0) is 14.8.